The minimum atomic E-state index is -1.78. The van der Waals surface area contributed by atoms with Crippen LogP contribution in [0.15, 0.2) is 60.4 Å². The van der Waals surface area contributed by atoms with Crippen molar-refractivity contribution in [2.75, 3.05) is 38.8 Å². The lowest BCUT2D eigenvalue weighted by atomic mass is 9.95. The fraction of sp³-hybridized carbons (Fsp3) is 0.561. The van der Waals surface area contributed by atoms with E-state index in [1.807, 2.05) is 54.2 Å². The summed E-state index contributed by atoms with van der Waals surface area (Å²) >= 11 is 0. The number of nitrogens with one attached hydrogen (secondary N) is 1. The molecule has 15 heteroatoms. The van der Waals surface area contributed by atoms with Gasteiger partial charge < -0.3 is 40.0 Å². The summed E-state index contributed by atoms with van der Waals surface area (Å²) in [4.78, 5) is 37.6. The number of aryl methyl sites for hydroxylation is 1. The number of aromatic nitrogens is 3. The molecular formula is C41H65N8O6P. The smallest absolute Gasteiger partial charge is 0.329 e. The number of amides is 2. The van der Waals surface area contributed by atoms with Gasteiger partial charge in [-0.2, -0.15) is 0 Å². The molecule has 0 spiro atoms. The number of aliphatic hydroxyl groups is 1. The van der Waals surface area contributed by atoms with Crippen LogP contribution < -0.4 is 21.8 Å². The standard InChI is InChI=1S/C40H61N8O5P.CH4O/c1-3-33(41)31-46(42)27-17-9-6-4-5-7-10-18-28-48-40-34-21-13-12-20-32(34)30-47(36-23-15-14-22-35(36)39(40)44-45-48)38(50)25-24-37(49)43-26-16-8-11-19-29-53-54(51)52-2;1-2/h12-15,20-23,31,51H,3-11,16-19,24-30,41-42H2,1-2H3,(H,43,49);2H,1H3/b33-31-;. The predicted octanol–water partition coefficient (Wildman–Crippen LogP) is 6.91. The largest absolute Gasteiger partial charge is 0.401 e. The average molecular weight is 797 g/mol. The minimum absolute atomic E-state index is 0.0986. The van der Waals surface area contributed by atoms with Gasteiger partial charge in [0.05, 0.1) is 24.5 Å². The molecule has 1 atom stereocenters. The molecule has 2 heterocycles. The lowest BCUT2D eigenvalue weighted by molar-refractivity contribution is -0.125. The zero-order valence-electron chi connectivity index (χ0n) is 33.7. The molecule has 310 valence electrons. The zero-order chi connectivity index (χ0) is 40.5. The van der Waals surface area contributed by atoms with E-state index in [4.69, 9.17) is 30.8 Å². The summed E-state index contributed by atoms with van der Waals surface area (Å²) in [6.45, 7) is 5.01. The van der Waals surface area contributed by atoms with E-state index >= 15 is 0 Å². The van der Waals surface area contributed by atoms with Crippen molar-refractivity contribution in [3.8, 4) is 22.5 Å². The van der Waals surface area contributed by atoms with Crippen LogP contribution in [0.4, 0.5) is 5.69 Å². The number of allylic oxidation sites excluding steroid dienone is 1. The number of benzene rings is 2. The summed E-state index contributed by atoms with van der Waals surface area (Å²) in [6.07, 6.45) is 15.6. The van der Waals surface area contributed by atoms with Crippen LogP contribution in [-0.4, -0.2) is 75.7 Å². The number of hydrazine groups is 1. The Balaban J connectivity index is 0.00000414. The van der Waals surface area contributed by atoms with Crippen molar-refractivity contribution >= 4 is 26.1 Å². The topological polar surface area (TPSA) is 194 Å². The number of fused-ring (bicyclic) bond motifs is 5. The Labute approximate surface area is 334 Å². The highest BCUT2D eigenvalue weighted by Crippen LogP contribution is 2.41. The Morgan fingerprint density at radius 3 is 2.29 bits per heavy atom. The second-order valence-corrected chi connectivity index (χ2v) is 14.9. The molecule has 0 fully saturated rings. The van der Waals surface area contributed by atoms with E-state index in [2.05, 4.69) is 22.7 Å². The number of nitrogens with two attached hydrogens (primary N) is 2. The van der Waals surface area contributed by atoms with Crippen LogP contribution >= 0.6 is 8.60 Å². The Hall–Kier alpha value is -3.91. The molecule has 14 nitrogen and oxygen atoms in total. The van der Waals surface area contributed by atoms with Crippen molar-refractivity contribution in [1.82, 2.24) is 25.3 Å². The molecular weight excluding hydrogens is 731 g/mol. The number of hydrogen-bond acceptors (Lipinski definition) is 11. The van der Waals surface area contributed by atoms with Gasteiger partial charge in [0, 0.05) is 69.7 Å². The first-order valence-electron chi connectivity index (χ1n) is 20.1. The minimum Gasteiger partial charge on any atom is -0.401 e. The highest BCUT2D eigenvalue weighted by atomic mass is 31.2. The van der Waals surface area contributed by atoms with E-state index in [1.165, 1.54) is 39.2 Å². The quantitative estimate of drug-likeness (QED) is 0.0259. The molecule has 1 aromatic heterocycles. The normalized spacial score (nSPS) is 12.7. The number of aliphatic hydroxyl groups excluding tert-OH is 1. The number of para-hydroxylation sites is 1. The fourth-order valence-corrected chi connectivity index (χ4v) is 7.02. The van der Waals surface area contributed by atoms with Crippen LogP contribution in [0.2, 0.25) is 0 Å². The van der Waals surface area contributed by atoms with E-state index in [-0.39, 0.29) is 24.7 Å². The molecule has 0 bridgehead atoms. The second kappa shape index (κ2) is 26.9. The Morgan fingerprint density at radius 1 is 0.911 bits per heavy atom. The van der Waals surface area contributed by atoms with Crippen molar-refractivity contribution in [3.05, 3.63) is 66.0 Å². The summed E-state index contributed by atoms with van der Waals surface area (Å²) in [7, 11) is 0.632. The number of nitrogens with zero attached hydrogens (tertiary/aromatic N) is 5. The van der Waals surface area contributed by atoms with E-state index in [0.717, 1.165) is 111 Å². The SMILES string of the molecule is CC/C(N)=C/N(N)CCCCCCCCCCn1nnc2c1-c1ccccc1CN(C(=O)CCC(=O)NCCCCCCOP(O)OC)c1ccccc1-2.CO. The lowest BCUT2D eigenvalue weighted by Gasteiger charge is -2.28. The van der Waals surface area contributed by atoms with Gasteiger partial charge in [0.15, 0.2) is 0 Å². The van der Waals surface area contributed by atoms with Gasteiger partial charge in [-0.05, 0) is 43.7 Å². The molecule has 0 radical (unpaired) electrons. The Morgan fingerprint density at radius 2 is 1.55 bits per heavy atom. The van der Waals surface area contributed by atoms with Crippen molar-refractivity contribution in [1.29, 1.82) is 0 Å². The molecule has 2 aromatic carbocycles. The Kier molecular flexibility index (Phi) is 22.3. The lowest BCUT2D eigenvalue weighted by Crippen LogP contribution is -2.33. The number of unbranched alkanes of at least 4 members (excludes halogenated alkanes) is 10. The van der Waals surface area contributed by atoms with E-state index in [1.54, 1.807) is 9.91 Å². The number of anilines is 1. The van der Waals surface area contributed by atoms with Crippen molar-refractivity contribution < 1.29 is 28.6 Å². The number of hydrogen-bond donors (Lipinski definition) is 5. The van der Waals surface area contributed by atoms with Gasteiger partial charge in [-0.25, -0.2) is 10.5 Å². The van der Waals surface area contributed by atoms with Gasteiger partial charge in [-0.1, -0.05) is 106 Å². The van der Waals surface area contributed by atoms with Gasteiger partial charge in [-0.3, -0.25) is 9.59 Å². The monoisotopic (exact) mass is 796 g/mol. The maximum atomic E-state index is 13.8. The van der Waals surface area contributed by atoms with Gasteiger partial charge in [0.2, 0.25) is 11.8 Å². The number of rotatable bonds is 25. The zero-order valence-corrected chi connectivity index (χ0v) is 34.6. The summed E-state index contributed by atoms with van der Waals surface area (Å²) in [5.74, 6) is 5.75. The number of carbonyl (C=O) groups excluding carboxylic acids is 2. The first kappa shape index (κ1) is 46.5. The van der Waals surface area contributed by atoms with Gasteiger partial charge in [-0.15, -0.1) is 5.10 Å². The summed E-state index contributed by atoms with van der Waals surface area (Å²) in [6, 6.07) is 16.0. The van der Waals surface area contributed by atoms with E-state index < -0.39 is 8.60 Å². The Bertz CT molecular complexity index is 1620. The molecule has 3 aromatic rings. The second-order valence-electron chi connectivity index (χ2n) is 13.8. The van der Waals surface area contributed by atoms with Crippen molar-refractivity contribution in [2.24, 2.45) is 11.6 Å². The van der Waals surface area contributed by atoms with Crippen LogP contribution in [0, 0.1) is 0 Å². The van der Waals surface area contributed by atoms with Crippen LogP contribution in [-0.2, 0) is 31.7 Å². The summed E-state index contributed by atoms with van der Waals surface area (Å²) < 4.78 is 11.9. The molecule has 4 rings (SSSR count). The van der Waals surface area contributed by atoms with Crippen molar-refractivity contribution in [3.63, 3.8) is 0 Å². The average Bonchev–Trinajstić information content (AvgIpc) is 3.63. The highest BCUT2D eigenvalue weighted by Gasteiger charge is 2.29. The number of carbonyl (C=O) groups is 2. The third-order valence-electron chi connectivity index (χ3n) is 9.68. The van der Waals surface area contributed by atoms with Gasteiger partial charge >= 0.3 is 8.60 Å². The molecule has 0 saturated carbocycles. The summed E-state index contributed by atoms with van der Waals surface area (Å²) in [5, 5.41) is 21.0. The third-order valence-corrected chi connectivity index (χ3v) is 10.4. The van der Waals surface area contributed by atoms with Crippen molar-refractivity contribution in [2.45, 2.75) is 116 Å². The van der Waals surface area contributed by atoms with Gasteiger partial charge in [0.25, 0.3) is 0 Å². The molecule has 56 heavy (non-hydrogen) atoms. The molecule has 0 saturated heterocycles. The first-order chi connectivity index (χ1) is 27.3. The van der Waals surface area contributed by atoms with Crippen LogP contribution in [0.25, 0.3) is 22.5 Å². The van der Waals surface area contributed by atoms with Crippen LogP contribution in [0.1, 0.15) is 109 Å². The van der Waals surface area contributed by atoms with Crippen LogP contribution in [0.5, 0.6) is 0 Å². The molecule has 1 aliphatic heterocycles. The molecule has 2 amide bonds. The van der Waals surface area contributed by atoms with E-state index in [0.29, 0.717) is 19.7 Å². The highest BCUT2D eigenvalue weighted by molar-refractivity contribution is 7.40. The fourth-order valence-electron chi connectivity index (χ4n) is 6.63. The summed E-state index contributed by atoms with van der Waals surface area (Å²) in [5.41, 5.74) is 12.1. The molecule has 1 unspecified atom stereocenters. The predicted molar refractivity (Wildman–Crippen MR) is 223 cm³/mol. The molecule has 0 aliphatic carbocycles. The van der Waals surface area contributed by atoms with Gasteiger partial charge in [0.1, 0.15) is 5.69 Å². The van der Waals surface area contributed by atoms with Crippen LogP contribution in [0.3, 0.4) is 0 Å². The van der Waals surface area contributed by atoms with E-state index in [9.17, 15) is 14.5 Å². The molecule has 7 N–H and O–H groups in total. The first-order valence-corrected chi connectivity index (χ1v) is 21.2. The molecule has 1 aliphatic rings. The maximum absolute atomic E-state index is 13.8. The third kappa shape index (κ3) is 15.6. The maximum Gasteiger partial charge on any atom is 0.329 e.